The van der Waals surface area contributed by atoms with Crippen LogP contribution < -0.4 is 0 Å². The summed E-state index contributed by atoms with van der Waals surface area (Å²) in [5.74, 6) is 0. The summed E-state index contributed by atoms with van der Waals surface area (Å²) in [7, 11) is 0. The van der Waals surface area contributed by atoms with E-state index in [0.717, 1.165) is 6.07 Å². The maximum Gasteiger partial charge on any atom is 0.280 e. The molecule has 0 saturated heterocycles. The number of hydrogen-bond acceptors (Lipinski definition) is 2. The van der Waals surface area contributed by atoms with Gasteiger partial charge in [0.1, 0.15) is 17.1 Å². The maximum atomic E-state index is 12.2. The van der Waals surface area contributed by atoms with Crippen molar-refractivity contribution in [2.75, 3.05) is 0 Å². The molecule has 1 rings (SSSR count). The number of nitrogens with zero attached hydrogens (tertiary/aromatic N) is 1. The summed E-state index contributed by atoms with van der Waals surface area (Å²) in [5.41, 5.74) is 0.0917. The van der Waals surface area contributed by atoms with Crippen LogP contribution in [0.4, 0.5) is 8.78 Å². The second-order valence-electron chi connectivity index (χ2n) is 2.47. The molecule has 0 unspecified atom stereocenters. The summed E-state index contributed by atoms with van der Waals surface area (Å²) in [4.78, 5) is 13.9. The lowest BCUT2D eigenvalue weighted by molar-refractivity contribution is 0.112. The molecule has 0 radical (unpaired) electrons. The highest BCUT2D eigenvalue weighted by atomic mass is 35.5. The summed E-state index contributed by atoms with van der Waals surface area (Å²) in [5, 5.41) is -0.0556. The van der Waals surface area contributed by atoms with Gasteiger partial charge < -0.3 is 0 Å². The van der Waals surface area contributed by atoms with Gasteiger partial charge in [0, 0.05) is 5.56 Å². The van der Waals surface area contributed by atoms with E-state index in [2.05, 4.69) is 4.98 Å². The van der Waals surface area contributed by atoms with Crippen molar-refractivity contribution in [3.05, 3.63) is 28.0 Å². The van der Waals surface area contributed by atoms with Gasteiger partial charge in [-0.25, -0.2) is 13.8 Å². The second-order valence-corrected chi connectivity index (χ2v) is 2.83. The van der Waals surface area contributed by atoms with Gasteiger partial charge in [-0.05, 0) is 18.6 Å². The van der Waals surface area contributed by atoms with E-state index in [4.69, 9.17) is 11.6 Å². The Labute approximate surface area is 78.5 Å². The molecular weight excluding hydrogens is 200 g/mol. The third-order valence-electron chi connectivity index (χ3n) is 1.62. The molecule has 0 fully saturated rings. The number of pyridine rings is 1. The fraction of sp³-hybridized carbons (Fsp3) is 0.250. The third-order valence-corrected chi connectivity index (χ3v) is 1.99. The molecule has 1 aromatic heterocycles. The summed E-state index contributed by atoms with van der Waals surface area (Å²) in [6.07, 6.45) is -2.23. The molecule has 0 atom stereocenters. The number of halogens is 3. The van der Waals surface area contributed by atoms with Gasteiger partial charge >= 0.3 is 0 Å². The van der Waals surface area contributed by atoms with Crippen LogP contribution in [0.15, 0.2) is 6.07 Å². The molecule has 1 heterocycles. The molecule has 1 aromatic rings. The summed E-state index contributed by atoms with van der Waals surface area (Å²) in [6.45, 7) is 1.55. The number of aromatic nitrogens is 1. The Morgan fingerprint density at radius 1 is 1.62 bits per heavy atom. The Balaban J connectivity index is 3.30. The molecule has 0 spiro atoms. The standard InChI is InChI=1S/C8H6ClF2NO/c1-4-5(3-13)2-6(8(10)11)12-7(4)9/h2-3,8H,1H3. The van der Waals surface area contributed by atoms with Crippen LogP contribution in [0.3, 0.4) is 0 Å². The van der Waals surface area contributed by atoms with Crippen molar-refractivity contribution in [1.82, 2.24) is 4.98 Å². The van der Waals surface area contributed by atoms with E-state index >= 15 is 0 Å². The Morgan fingerprint density at radius 3 is 2.69 bits per heavy atom. The van der Waals surface area contributed by atoms with Crippen molar-refractivity contribution >= 4 is 17.9 Å². The first-order chi connectivity index (χ1) is 6.06. The fourth-order valence-electron chi connectivity index (χ4n) is 0.850. The number of carbonyl (C=O) groups excluding carboxylic acids is 1. The lowest BCUT2D eigenvalue weighted by Crippen LogP contribution is -1.97. The molecule has 0 saturated carbocycles. The normalized spacial score (nSPS) is 10.5. The van der Waals surface area contributed by atoms with E-state index in [0.29, 0.717) is 11.8 Å². The summed E-state index contributed by atoms with van der Waals surface area (Å²) >= 11 is 5.54. The maximum absolute atomic E-state index is 12.2. The molecule has 0 aromatic carbocycles. The number of aldehydes is 1. The van der Waals surface area contributed by atoms with Crippen molar-refractivity contribution in [3.63, 3.8) is 0 Å². The Bertz CT molecular complexity index is 341. The zero-order chi connectivity index (χ0) is 10.0. The quantitative estimate of drug-likeness (QED) is 0.549. The van der Waals surface area contributed by atoms with Gasteiger partial charge in [0.15, 0.2) is 0 Å². The Kier molecular flexibility index (Phi) is 2.93. The smallest absolute Gasteiger partial charge is 0.280 e. The monoisotopic (exact) mass is 205 g/mol. The number of carbonyl (C=O) groups is 1. The van der Waals surface area contributed by atoms with E-state index in [1.165, 1.54) is 0 Å². The molecule has 0 N–H and O–H groups in total. The SMILES string of the molecule is Cc1c(C=O)cc(C(F)F)nc1Cl. The topological polar surface area (TPSA) is 30.0 Å². The second kappa shape index (κ2) is 3.79. The molecule has 0 bridgehead atoms. The molecule has 0 aliphatic heterocycles. The highest BCUT2D eigenvalue weighted by molar-refractivity contribution is 6.30. The van der Waals surface area contributed by atoms with Crippen LogP contribution in [0.1, 0.15) is 28.0 Å². The molecular formula is C8H6ClF2NO. The predicted octanol–water partition coefficient (Wildman–Crippen LogP) is 2.79. The van der Waals surface area contributed by atoms with Gasteiger partial charge in [-0.15, -0.1) is 0 Å². The lowest BCUT2D eigenvalue weighted by atomic mass is 10.1. The zero-order valence-corrected chi connectivity index (χ0v) is 7.48. The van der Waals surface area contributed by atoms with Crippen LogP contribution in [0.2, 0.25) is 5.15 Å². The first-order valence-corrected chi connectivity index (χ1v) is 3.84. The number of alkyl halides is 2. The molecule has 5 heteroatoms. The van der Waals surface area contributed by atoms with Gasteiger partial charge in [0.2, 0.25) is 0 Å². The van der Waals surface area contributed by atoms with Crippen molar-refractivity contribution in [2.45, 2.75) is 13.3 Å². The van der Waals surface area contributed by atoms with E-state index in [1.807, 2.05) is 0 Å². The van der Waals surface area contributed by atoms with Crippen LogP contribution in [0, 0.1) is 6.92 Å². The Morgan fingerprint density at radius 2 is 2.23 bits per heavy atom. The highest BCUT2D eigenvalue weighted by Gasteiger charge is 2.13. The molecule has 70 valence electrons. The van der Waals surface area contributed by atoms with Gasteiger partial charge in [0.25, 0.3) is 6.43 Å². The van der Waals surface area contributed by atoms with Crippen molar-refractivity contribution in [1.29, 1.82) is 0 Å². The number of rotatable bonds is 2. The van der Waals surface area contributed by atoms with Crippen LogP contribution in [-0.2, 0) is 0 Å². The zero-order valence-electron chi connectivity index (χ0n) is 6.72. The summed E-state index contributed by atoms with van der Waals surface area (Å²) < 4.78 is 24.3. The van der Waals surface area contributed by atoms with Gasteiger partial charge in [0.05, 0.1) is 0 Å². The van der Waals surface area contributed by atoms with Gasteiger partial charge in [-0.1, -0.05) is 11.6 Å². The van der Waals surface area contributed by atoms with Crippen molar-refractivity contribution < 1.29 is 13.6 Å². The molecule has 13 heavy (non-hydrogen) atoms. The van der Waals surface area contributed by atoms with Gasteiger partial charge in [-0.3, -0.25) is 4.79 Å². The van der Waals surface area contributed by atoms with Crippen molar-refractivity contribution in [2.24, 2.45) is 0 Å². The van der Waals surface area contributed by atoms with Gasteiger partial charge in [-0.2, -0.15) is 0 Å². The minimum Gasteiger partial charge on any atom is -0.298 e. The summed E-state index contributed by atoms with van der Waals surface area (Å²) in [6, 6.07) is 1.04. The molecule has 2 nitrogen and oxygen atoms in total. The lowest BCUT2D eigenvalue weighted by Gasteiger charge is -2.04. The van der Waals surface area contributed by atoms with Crippen LogP contribution >= 0.6 is 11.6 Å². The van der Waals surface area contributed by atoms with E-state index in [-0.39, 0.29) is 10.7 Å². The average Bonchev–Trinajstić information content (AvgIpc) is 2.09. The minimum absolute atomic E-state index is 0.0556. The number of hydrogen-bond donors (Lipinski definition) is 0. The molecule has 0 aliphatic rings. The average molecular weight is 206 g/mol. The highest BCUT2D eigenvalue weighted by Crippen LogP contribution is 2.23. The van der Waals surface area contributed by atoms with Crippen molar-refractivity contribution in [3.8, 4) is 0 Å². The minimum atomic E-state index is -2.71. The van der Waals surface area contributed by atoms with E-state index in [9.17, 15) is 13.6 Å². The molecule has 0 amide bonds. The van der Waals surface area contributed by atoms with Crippen LogP contribution in [-0.4, -0.2) is 11.3 Å². The van der Waals surface area contributed by atoms with Crippen LogP contribution in [0.25, 0.3) is 0 Å². The third kappa shape index (κ3) is 2.01. The first-order valence-electron chi connectivity index (χ1n) is 3.46. The first kappa shape index (κ1) is 10.1. The van der Waals surface area contributed by atoms with E-state index < -0.39 is 12.1 Å². The predicted molar refractivity (Wildman–Crippen MR) is 44.3 cm³/mol. The largest absolute Gasteiger partial charge is 0.298 e. The fourth-order valence-corrected chi connectivity index (χ4v) is 1.06. The Hall–Kier alpha value is -1.03. The molecule has 0 aliphatic carbocycles. The van der Waals surface area contributed by atoms with E-state index in [1.54, 1.807) is 6.92 Å². The van der Waals surface area contributed by atoms with Crippen LogP contribution in [0.5, 0.6) is 0 Å².